The number of rotatable bonds is 5. The first-order valence-corrected chi connectivity index (χ1v) is 8.47. The monoisotopic (exact) mass is 292 g/mol. The van der Waals surface area contributed by atoms with Gasteiger partial charge in [0.25, 0.3) is 0 Å². The summed E-state index contributed by atoms with van der Waals surface area (Å²) in [6.45, 7) is 0.563. The van der Waals surface area contributed by atoms with Crippen molar-refractivity contribution in [2.24, 2.45) is 5.73 Å². The van der Waals surface area contributed by atoms with Crippen LogP contribution in [0.15, 0.2) is 29.2 Å². The number of thioether (sulfide) groups is 1. The summed E-state index contributed by atoms with van der Waals surface area (Å²) in [6, 6.07) is 8.50. The molecule has 1 aromatic rings. The Kier molecular flexibility index (Phi) is 6.40. The van der Waals surface area contributed by atoms with Crippen LogP contribution in [0.4, 0.5) is 0 Å². The van der Waals surface area contributed by atoms with Crippen molar-refractivity contribution < 1.29 is 4.79 Å². The Hall–Kier alpha value is -1.00. The fraction of sp³-hybridized carbons (Fsp3) is 0.562. The third-order valence-corrected chi connectivity index (χ3v) is 4.76. The molecule has 1 amide bonds. The minimum Gasteiger partial charge on any atom is -0.353 e. The zero-order valence-corrected chi connectivity index (χ0v) is 12.8. The van der Waals surface area contributed by atoms with Gasteiger partial charge in [0, 0.05) is 17.5 Å². The minimum absolute atomic E-state index is 0.157. The zero-order valence-electron chi connectivity index (χ0n) is 11.9. The number of carbonyl (C=O) groups is 1. The maximum absolute atomic E-state index is 12.0. The van der Waals surface area contributed by atoms with Gasteiger partial charge in [0.2, 0.25) is 5.91 Å². The quantitative estimate of drug-likeness (QED) is 0.648. The number of hydrogen-bond acceptors (Lipinski definition) is 3. The van der Waals surface area contributed by atoms with Crippen LogP contribution in [0.1, 0.15) is 44.1 Å². The van der Waals surface area contributed by atoms with E-state index in [0.29, 0.717) is 18.3 Å². The summed E-state index contributed by atoms with van der Waals surface area (Å²) in [5, 5.41) is 3.17. The molecule has 0 aliphatic heterocycles. The van der Waals surface area contributed by atoms with E-state index < -0.39 is 0 Å². The third kappa shape index (κ3) is 5.17. The lowest BCUT2D eigenvalue weighted by Crippen LogP contribution is -2.35. The van der Waals surface area contributed by atoms with Crippen molar-refractivity contribution in [1.29, 1.82) is 0 Å². The van der Waals surface area contributed by atoms with Crippen molar-refractivity contribution >= 4 is 17.7 Å². The standard InChI is InChI=1S/C16H24N2OS/c17-11-13-7-9-15(10-8-13)20-12-16(19)18-14-5-3-1-2-4-6-14/h7-10,14H,1-6,11-12,17H2,(H,18,19). The van der Waals surface area contributed by atoms with Gasteiger partial charge in [-0.2, -0.15) is 0 Å². The van der Waals surface area contributed by atoms with Crippen LogP contribution in [0.5, 0.6) is 0 Å². The second-order valence-corrected chi connectivity index (χ2v) is 6.44. The first-order chi connectivity index (χ1) is 9.78. The molecule has 0 heterocycles. The normalized spacial score (nSPS) is 16.6. The molecule has 0 spiro atoms. The number of nitrogens with one attached hydrogen (secondary N) is 1. The third-order valence-electron chi connectivity index (χ3n) is 3.75. The lowest BCUT2D eigenvalue weighted by molar-refractivity contribution is -0.119. The molecule has 0 radical (unpaired) electrons. The molecule has 1 aliphatic rings. The predicted octanol–water partition coefficient (Wildman–Crippen LogP) is 3.08. The van der Waals surface area contributed by atoms with Crippen molar-refractivity contribution in [2.75, 3.05) is 5.75 Å². The molecule has 1 aliphatic carbocycles. The Balaban J connectivity index is 1.73. The fourth-order valence-corrected chi connectivity index (χ4v) is 3.27. The van der Waals surface area contributed by atoms with Gasteiger partial charge in [0.15, 0.2) is 0 Å². The van der Waals surface area contributed by atoms with E-state index in [-0.39, 0.29) is 5.91 Å². The molecule has 0 atom stereocenters. The summed E-state index contributed by atoms with van der Waals surface area (Å²) in [4.78, 5) is 13.1. The molecule has 2 rings (SSSR count). The summed E-state index contributed by atoms with van der Waals surface area (Å²) >= 11 is 1.59. The van der Waals surface area contributed by atoms with Crippen LogP contribution in [-0.4, -0.2) is 17.7 Å². The van der Waals surface area contributed by atoms with Crippen LogP contribution in [0.2, 0.25) is 0 Å². The molecule has 1 aromatic carbocycles. The van der Waals surface area contributed by atoms with E-state index >= 15 is 0 Å². The second kappa shape index (κ2) is 8.32. The molecule has 0 saturated heterocycles. The van der Waals surface area contributed by atoms with Crippen LogP contribution in [-0.2, 0) is 11.3 Å². The van der Waals surface area contributed by atoms with E-state index in [9.17, 15) is 4.79 Å². The predicted molar refractivity (Wildman–Crippen MR) is 84.7 cm³/mol. The highest BCUT2D eigenvalue weighted by molar-refractivity contribution is 8.00. The largest absolute Gasteiger partial charge is 0.353 e. The van der Waals surface area contributed by atoms with Gasteiger partial charge >= 0.3 is 0 Å². The Morgan fingerprint density at radius 3 is 2.40 bits per heavy atom. The summed E-state index contributed by atoms with van der Waals surface area (Å²) in [5.74, 6) is 0.656. The van der Waals surface area contributed by atoms with Crippen molar-refractivity contribution in [3.63, 3.8) is 0 Å². The van der Waals surface area contributed by atoms with Crippen LogP contribution in [0, 0.1) is 0 Å². The van der Waals surface area contributed by atoms with Crippen molar-refractivity contribution in [3.05, 3.63) is 29.8 Å². The molecule has 3 nitrogen and oxygen atoms in total. The number of nitrogens with two attached hydrogens (primary N) is 1. The van der Waals surface area contributed by atoms with Gasteiger partial charge in [-0.05, 0) is 30.5 Å². The average Bonchev–Trinajstić information content (AvgIpc) is 2.74. The zero-order chi connectivity index (χ0) is 14.2. The summed E-state index contributed by atoms with van der Waals surface area (Å²) in [7, 11) is 0. The van der Waals surface area contributed by atoms with E-state index in [4.69, 9.17) is 5.73 Å². The number of benzene rings is 1. The molecule has 4 heteroatoms. The molecule has 0 unspecified atom stereocenters. The smallest absolute Gasteiger partial charge is 0.230 e. The molecule has 110 valence electrons. The number of carbonyl (C=O) groups excluding carboxylic acids is 1. The van der Waals surface area contributed by atoms with E-state index in [0.717, 1.165) is 23.3 Å². The molecular weight excluding hydrogens is 268 g/mol. The number of amides is 1. The van der Waals surface area contributed by atoms with Crippen LogP contribution >= 0.6 is 11.8 Å². The maximum Gasteiger partial charge on any atom is 0.230 e. The Morgan fingerprint density at radius 2 is 1.80 bits per heavy atom. The van der Waals surface area contributed by atoms with Gasteiger partial charge in [0.05, 0.1) is 5.75 Å². The Bertz CT molecular complexity index is 411. The van der Waals surface area contributed by atoms with Gasteiger partial charge < -0.3 is 11.1 Å². The van der Waals surface area contributed by atoms with Gasteiger partial charge in [-0.1, -0.05) is 37.8 Å². The molecule has 1 saturated carbocycles. The Labute approximate surface area is 125 Å². The van der Waals surface area contributed by atoms with Crippen LogP contribution < -0.4 is 11.1 Å². The minimum atomic E-state index is 0.157. The lowest BCUT2D eigenvalue weighted by Gasteiger charge is -2.16. The lowest BCUT2D eigenvalue weighted by atomic mass is 10.1. The Morgan fingerprint density at radius 1 is 1.15 bits per heavy atom. The van der Waals surface area contributed by atoms with E-state index in [1.54, 1.807) is 11.8 Å². The van der Waals surface area contributed by atoms with Gasteiger partial charge in [-0.25, -0.2) is 0 Å². The molecule has 1 fully saturated rings. The second-order valence-electron chi connectivity index (χ2n) is 5.39. The van der Waals surface area contributed by atoms with Crippen molar-refractivity contribution in [3.8, 4) is 0 Å². The van der Waals surface area contributed by atoms with Crippen molar-refractivity contribution in [2.45, 2.75) is 56.0 Å². The highest BCUT2D eigenvalue weighted by Crippen LogP contribution is 2.20. The van der Waals surface area contributed by atoms with Crippen LogP contribution in [0.25, 0.3) is 0 Å². The number of hydrogen-bond donors (Lipinski definition) is 2. The van der Waals surface area contributed by atoms with E-state index in [2.05, 4.69) is 5.32 Å². The van der Waals surface area contributed by atoms with Gasteiger partial charge in [-0.15, -0.1) is 11.8 Å². The highest BCUT2D eigenvalue weighted by Gasteiger charge is 2.14. The average molecular weight is 292 g/mol. The highest BCUT2D eigenvalue weighted by atomic mass is 32.2. The SMILES string of the molecule is NCc1ccc(SCC(=O)NC2CCCCCC2)cc1. The van der Waals surface area contributed by atoms with Gasteiger partial charge in [0.1, 0.15) is 0 Å². The summed E-state index contributed by atoms with van der Waals surface area (Å²) in [5.41, 5.74) is 6.69. The first kappa shape index (κ1) is 15.4. The summed E-state index contributed by atoms with van der Waals surface area (Å²) < 4.78 is 0. The van der Waals surface area contributed by atoms with Crippen molar-refractivity contribution in [1.82, 2.24) is 5.32 Å². The molecule has 0 bridgehead atoms. The molecular formula is C16H24N2OS. The fourth-order valence-electron chi connectivity index (χ4n) is 2.56. The molecule has 3 N–H and O–H groups in total. The van der Waals surface area contributed by atoms with E-state index in [1.165, 1.54) is 25.7 Å². The van der Waals surface area contributed by atoms with E-state index in [1.807, 2.05) is 24.3 Å². The van der Waals surface area contributed by atoms with Gasteiger partial charge in [-0.3, -0.25) is 4.79 Å². The first-order valence-electron chi connectivity index (χ1n) is 7.49. The maximum atomic E-state index is 12.0. The topological polar surface area (TPSA) is 55.1 Å². The molecule has 20 heavy (non-hydrogen) atoms. The molecule has 0 aromatic heterocycles. The summed E-state index contributed by atoms with van der Waals surface area (Å²) in [6.07, 6.45) is 7.41. The van der Waals surface area contributed by atoms with Crippen LogP contribution in [0.3, 0.4) is 0 Å².